The minimum atomic E-state index is -0.688. The van der Waals surface area contributed by atoms with Crippen LogP contribution in [0.15, 0.2) is 0 Å². The third kappa shape index (κ3) is 3.93. The van der Waals surface area contributed by atoms with Crippen LogP contribution in [0.25, 0.3) is 0 Å². The van der Waals surface area contributed by atoms with Gasteiger partial charge in [-0.05, 0) is 33.1 Å². The number of anilines is 3. The number of hydrogen-bond acceptors (Lipinski definition) is 7. The SMILES string of the molecule is CC(C)(CNc1nc(N)nc(N2CCCCC2)n1)C(N)=O. The fourth-order valence-electron chi connectivity index (χ4n) is 2.08. The number of carbonyl (C=O) groups excluding carboxylic acids is 1. The number of piperidine rings is 1. The highest BCUT2D eigenvalue weighted by Gasteiger charge is 2.25. The maximum Gasteiger partial charge on any atom is 0.231 e. The van der Waals surface area contributed by atoms with Crippen LogP contribution in [0, 0.1) is 5.41 Å². The first-order valence-corrected chi connectivity index (χ1v) is 7.19. The molecular weight excluding hydrogens is 270 g/mol. The zero-order chi connectivity index (χ0) is 15.5. The van der Waals surface area contributed by atoms with E-state index < -0.39 is 5.41 Å². The van der Waals surface area contributed by atoms with Crippen molar-refractivity contribution >= 4 is 23.8 Å². The largest absolute Gasteiger partial charge is 0.369 e. The van der Waals surface area contributed by atoms with E-state index in [4.69, 9.17) is 11.5 Å². The fraction of sp³-hybridized carbons (Fsp3) is 0.692. The molecule has 1 aromatic rings. The van der Waals surface area contributed by atoms with Gasteiger partial charge in [0.05, 0.1) is 5.41 Å². The summed E-state index contributed by atoms with van der Waals surface area (Å²) in [5.41, 5.74) is 10.4. The van der Waals surface area contributed by atoms with E-state index in [1.54, 1.807) is 13.8 Å². The van der Waals surface area contributed by atoms with Crippen molar-refractivity contribution in [3.63, 3.8) is 0 Å². The number of amides is 1. The number of rotatable bonds is 5. The van der Waals surface area contributed by atoms with Crippen molar-refractivity contribution in [2.75, 3.05) is 35.6 Å². The Labute approximate surface area is 124 Å². The van der Waals surface area contributed by atoms with Gasteiger partial charge in [0, 0.05) is 19.6 Å². The van der Waals surface area contributed by atoms with E-state index in [2.05, 4.69) is 25.2 Å². The Hall–Kier alpha value is -2.12. The summed E-state index contributed by atoms with van der Waals surface area (Å²) in [5, 5.41) is 3.02. The minimum absolute atomic E-state index is 0.171. The lowest BCUT2D eigenvalue weighted by atomic mass is 9.93. The molecule has 5 N–H and O–H groups in total. The second kappa shape index (κ2) is 6.11. The number of nitrogen functional groups attached to an aromatic ring is 1. The molecular formula is C13H23N7O. The third-order valence-corrected chi connectivity index (χ3v) is 3.64. The number of primary amides is 1. The van der Waals surface area contributed by atoms with Gasteiger partial charge in [-0.2, -0.15) is 15.0 Å². The summed E-state index contributed by atoms with van der Waals surface area (Å²) in [4.78, 5) is 26.0. The number of nitrogens with zero attached hydrogens (tertiary/aromatic N) is 4. The molecule has 0 spiro atoms. The molecule has 116 valence electrons. The van der Waals surface area contributed by atoms with Gasteiger partial charge in [-0.1, -0.05) is 0 Å². The van der Waals surface area contributed by atoms with E-state index in [1.165, 1.54) is 6.42 Å². The first kappa shape index (κ1) is 15.3. The van der Waals surface area contributed by atoms with Crippen LogP contribution in [0.4, 0.5) is 17.8 Å². The minimum Gasteiger partial charge on any atom is -0.369 e. The highest BCUT2D eigenvalue weighted by molar-refractivity contribution is 5.80. The molecule has 0 aliphatic carbocycles. The normalized spacial score (nSPS) is 15.8. The highest BCUT2D eigenvalue weighted by Crippen LogP contribution is 2.19. The topological polar surface area (TPSA) is 123 Å². The van der Waals surface area contributed by atoms with Crippen LogP contribution in [0.5, 0.6) is 0 Å². The van der Waals surface area contributed by atoms with Crippen molar-refractivity contribution < 1.29 is 4.79 Å². The van der Waals surface area contributed by atoms with Gasteiger partial charge in [-0.3, -0.25) is 4.79 Å². The molecule has 8 heteroatoms. The molecule has 21 heavy (non-hydrogen) atoms. The molecule has 1 amide bonds. The molecule has 2 heterocycles. The molecule has 1 aliphatic heterocycles. The van der Waals surface area contributed by atoms with E-state index in [1.807, 2.05) is 0 Å². The van der Waals surface area contributed by atoms with Crippen LogP contribution in [-0.2, 0) is 4.79 Å². The van der Waals surface area contributed by atoms with Gasteiger partial charge >= 0.3 is 0 Å². The molecule has 0 aromatic carbocycles. The number of nitrogens with one attached hydrogen (secondary N) is 1. The maximum absolute atomic E-state index is 11.3. The van der Waals surface area contributed by atoms with Gasteiger partial charge in [0.25, 0.3) is 0 Å². The van der Waals surface area contributed by atoms with E-state index in [-0.39, 0.29) is 11.9 Å². The quantitative estimate of drug-likeness (QED) is 0.716. The summed E-state index contributed by atoms with van der Waals surface area (Å²) >= 11 is 0. The third-order valence-electron chi connectivity index (χ3n) is 3.64. The Bertz CT molecular complexity index is 511. The van der Waals surface area contributed by atoms with Gasteiger partial charge in [-0.15, -0.1) is 0 Å². The summed E-state index contributed by atoms with van der Waals surface area (Å²) < 4.78 is 0. The van der Waals surface area contributed by atoms with Crippen molar-refractivity contribution in [1.82, 2.24) is 15.0 Å². The lowest BCUT2D eigenvalue weighted by molar-refractivity contribution is -0.125. The Kier molecular flexibility index (Phi) is 4.44. The van der Waals surface area contributed by atoms with Crippen molar-refractivity contribution in [1.29, 1.82) is 0 Å². The van der Waals surface area contributed by atoms with Crippen LogP contribution < -0.4 is 21.7 Å². The lowest BCUT2D eigenvalue weighted by Crippen LogP contribution is -2.38. The smallest absolute Gasteiger partial charge is 0.231 e. The average molecular weight is 293 g/mol. The maximum atomic E-state index is 11.3. The van der Waals surface area contributed by atoms with Crippen molar-refractivity contribution in [2.45, 2.75) is 33.1 Å². The highest BCUT2D eigenvalue weighted by atomic mass is 16.1. The van der Waals surface area contributed by atoms with Crippen LogP contribution in [0.2, 0.25) is 0 Å². The van der Waals surface area contributed by atoms with Crippen molar-refractivity contribution in [2.24, 2.45) is 11.1 Å². The van der Waals surface area contributed by atoms with E-state index in [0.29, 0.717) is 18.4 Å². The molecule has 0 unspecified atom stereocenters. The molecule has 0 atom stereocenters. The second-order valence-electron chi connectivity index (χ2n) is 5.97. The van der Waals surface area contributed by atoms with Gasteiger partial charge in [0.1, 0.15) is 0 Å². The molecule has 1 aromatic heterocycles. The van der Waals surface area contributed by atoms with Crippen LogP contribution in [-0.4, -0.2) is 40.5 Å². The number of aromatic nitrogens is 3. The predicted molar refractivity (Wildman–Crippen MR) is 81.8 cm³/mol. The number of carbonyl (C=O) groups is 1. The van der Waals surface area contributed by atoms with Gasteiger partial charge in [0.15, 0.2) is 0 Å². The summed E-state index contributed by atoms with van der Waals surface area (Å²) in [6.07, 6.45) is 3.49. The Morgan fingerprint density at radius 1 is 1.24 bits per heavy atom. The lowest BCUT2D eigenvalue weighted by Gasteiger charge is -2.27. The molecule has 1 saturated heterocycles. The van der Waals surface area contributed by atoms with E-state index >= 15 is 0 Å². The summed E-state index contributed by atoms with van der Waals surface area (Å²) in [6, 6.07) is 0. The number of hydrogen-bond donors (Lipinski definition) is 3. The average Bonchev–Trinajstić information content (AvgIpc) is 2.45. The summed E-state index contributed by atoms with van der Waals surface area (Å²) in [7, 11) is 0. The molecule has 0 bridgehead atoms. The fourth-order valence-corrected chi connectivity index (χ4v) is 2.08. The zero-order valence-corrected chi connectivity index (χ0v) is 12.6. The van der Waals surface area contributed by atoms with Gasteiger partial charge in [0.2, 0.25) is 23.8 Å². The van der Waals surface area contributed by atoms with Gasteiger partial charge < -0.3 is 21.7 Å². The molecule has 8 nitrogen and oxygen atoms in total. The molecule has 1 aliphatic rings. The molecule has 0 saturated carbocycles. The Morgan fingerprint density at radius 3 is 2.52 bits per heavy atom. The van der Waals surface area contributed by atoms with Crippen molar-refractivity contribution in [3.05, 3.63) is 0 Å². The van der Waals surface area contributed by atoms with Crippen molar-refractivity contribution in [3.8, 4) is 0 Å². The van der Waals surface area contributed by atoms with Gasteiger partial charge in [-0.25, -0.2) is 0 Å². The van der Waals surface area contributed by atoms with Crippen LogP contribution >= 0.6 is 0 Å². The zero-order valence-electron chi connectivity index (χ0n) is 12.6. The first-order valence-electron chi connectivity index (χ1n) is 7.19. The van der Waals surface area contributed by atoms with Crippen LogP contribution in [0.1, 0.15) is 33.1 Å². The Balaban J connectivity index is 2.09. The number of nitrogens with two attached hydrogens (primary N) is 2. The molecule has 1 fully saturated rings. The first-order chi connectivity index (χ1) is 9.88. The predicted octanol–water partition coefficient (Wildman–Crippen LogP) is 0.368. The summed E-state index contributed by atoms with van der Waals surface area (Å²) in [5.74, 6) is 0.747. The van der Waals surface area contributed by atoms with E-state index in [0.717, 1.165) is 25.9 Å². The van der Waals surface area contributed by atoms with E-state index in [9.17, 15) is 4.79 Å². The molecule has 0 radical (unpaired) electrons. The monoisotopic (exact) mass is 293 g/mol. The molecule has 2 rings (SSSR count). The standard InChI is InChI=1S/C13H23N7O/c1-13(2,9(14)21)8-16-11-17-10(15)18-12(19-11)20-6-4-3-5-7-20/h3-8H2,1-2H3,(H2,14,21)(H3,15,16,17,18,19). The Morgan fingerprint density at radius 2 is 1.90 bits per heavy atom. The van der Waals surface area contributed by atoms with Crippen LogP contribution in [0.3, 0.4) is 0 Å². The summed E-state index contributed by atoms with van der Waals surface area (Å²) in [6.45, 7) is 5.72. The second-order valence-corrected chi connectivity index (χ2v) is 5.97.